The maximum atomic E-state index is 12.5. The molecule has 6 heteroatoms. The van der Waals surface area contributed by atoms with Crippen LogP contribution in [0.3, 0.4) is 0 Å². The van der Waals surface area contributed by atoms with E-state index in [1.807, 2.05) is 9.80 Å². The Labute approximate surface area is 101 Å². The van der Waals surface area contributed by atoms with Crippen LogP contribution in [0.5, 0.6) is 0 Å². The quantitative estimate of drug-likeness (QED) is 0.607. The number of piperazine rings is 1. The Morgan fingerprint density at radius 3 is 1.75 bits per heavy atom. The molecule has 0 radical (unpaired) electrons. The van der Waals surface area contributed by atoms with Crippen molar-refractivity contribution in [2.45, 2.75) is 35.4 Å². The van der Waals surface area contributed by atoms with E-state index in [0.29, 0.717) is 0 Å². The molecule has 5 aliphatic rings. The number of amides is 2. The van der Waals surface area contributed by atoms with Gasteiger partial charge in [0.15, 0.2) is 9.74 Å². The Bertz CT molecular complexity index is 378. The summed E-state index contributed by atoms with van der Waals surface area (Å²) in [5, 5.41) is 0. The van der Waals surface area contributed by atoms with Crippen molar-refractivity contribution >= 4 is 33.4 Å². The van der Waals surface area contributed by atoms with Gasteiger partial charge in [0.2, 0.25) is 0 Å². The average molecular weight is 256 g/mol. The fourth-order valence-corrected chi connectivity index (χ4v) is 7.28. The van der Waals surface area contributed by atoms with Crippen molar-refractivity contribution in [3.05, 3.63) is 0 Å². The van der Waals surface area contributed by atoms with Crippen LogP contribution in [0.4, 0.5) is 0 Å². The largest absolute Gasteiger partial charge is 0.316 e. The van der Waals surface area contributed by atoms with Gasteiger partial charge in [0.1, 0.15) is 0 Å². The van der Waals surface area contributed by atoms with E-state index in [9.17, 15) is 9.59 Å². The fourth-order valence-electron chi connectivity index (χ4n) is 3.36. The van der Waals surface area contributed by atoms with Crippen molar-refractivity contribution in [2.75, 3.05) is 13.1 Å². The first kappa shape index (κ1) is 9.65. The third-order valence-corrected chi connectivity index (χ3v) is 7.88. The summed E-state index contributed by atoms with van der Waals surface area (Å²) in [4.78, 5) is 27.7. The molecule has 5 fully saturated rings. The molecular weight excluding hydrogens is 244 g/mol. The van der Waals surface area contributed by atoms with Crippen molar-refractivity contribution in [1.82, 2.24) is 9.80 Å². The van der Waals surface area contributed by atoms with Gasteiger partial charge in [0.25, 0.3) is 11.8 Å². The highest BCUT2D eigenvalue weighted by atomic mass is 33.1. The van der Waals surface area contributed by atoms with Gasteiger partial charge in [-0.25, -0.2) is 0 Å². The molecule has 0 aromatic rings. The lowest BCUT2D eigenvalue weighted by Crippen LogP contribution is -2.73. The third kappa shape index (κ3) is 0.786. The van der Waals surface area contributed by atoms with Gasteiger partial charge < -0.3 is 9.80 Å². The zero-order chi connectivity index (χ0) is 11.0. The van der Waals surface area contributed by atoms with Gasteiger partial charge in [-0.1, -0.05) is 21.6 Å². The predicted octanol–water partition coefficient (Wildman–Crippen LogP) is 1.03. The minimum Gasteiger partial charge on any atom is -0.316 e. The lowest BCUT2D eigenvalue weighted by molar-refractivity contribution is -0.161. The maximum absolute atomic E-state index is 12.5. The number of carbonyl (C=O) groups is 2. The standard InChI is InChI=1S/C10H12N2O2S2/c13-7-9-3-1-5-11(9)8(14)10(16-15-9)4-2-6-12(7)10/h1-6H2/t9-,10-/m0/s1. The lowest BCUT2D eigenvalue weighted by atomic mass is 10.0. The number of carbonyl (C=O) groups excluding carboxylic acids is 2. The zero-order valence-electron chi connectivity index (χ0n) is 8.77. The number of hydrogen-bond acceptors (Lipinski definition) is 4. The van der Waals surface area contributed by atoms with E-state index in [2.05, 4.69) is 0 Å². The molecular formula is C10H12N2O2S2. The van der Waals surface area contributed by atoms with Crippen LogP contribution in [0, 0.1) is 0 Å². The summed E-state index contributed by atoms with van der Waals surface area (Å²) in [6.07, 6.45) is 3.60. The second-order valence-corrected chi connectivity index (χ2v) is 7.54. The third-order valence-electron chi connectivity index (χ3n) is 4.14. The molecule has 5 heterocycles. The molecule has 2 bridgehead atoms. The molecule has 2 spiro atoms. The van der Waals surface area contributed by atoms with Crippen molar-refractivity contribution in [2.24, 2.45) is 0 Å². The Morgan fingerprint density at radius 2 is 1.31 bits per heavy atom. The number of nitrogens with zero attached hydrogens (tertiary/aromatic N) is 2. The highest BCUT2D eigenvalue weighted by molar-refractivity contribution is 8.78. The van der Waals surface area contributed by atoms with E-state index in [-0.39, 0.29) is 11.8 Å². The second kappa shape index (κ2) is 2.72. The lowest BCUT2D eigenvalue weighted by Gasteiger charge is -2.56. The number of fused-ring (bicyclic) bond motifs is 1. The predicted molar refractivity (Wildman–Crippen MR) is 62.5 cm³/mol. The molecule has 0 saturated carbocycles. The van der Waals surface area contributed by atoms with E-state index in [4.69, 9.17) is 0 Å². The molecule has 2 atom stereocenters. The minimum absolute atomic E-state index is 0.200. The fraction of sp³-hybridized carbons (Fsp3) is 0.800. The van der Waals surface area contributed by atoms with Gasteiger partial charge in [0.05, 0.1) is 0 Å². The summed E-state index contributed by atoms with van der Waals surface area (Å²) in [6, 6.07) is 0. The van der Waals surface area contributed by atoms with Gasteiger partial charge >= 0.3 is 0 Å². The monoisotopic (exact) mass is 256 g/mol. The van der Waals surface area contributed by atoms with Crippen LogP contribution in [0.25, 0.3) is 0 Å². The number of rotatable bonds is 0. The normalized spacial score (nSPS) is 45.2. The van der Waals surface area contributed by atoms with Gasteiger partial charge in [-0.15, -0.1) is 0 Å². The van der Waals surface area contributed by atoms with Crippen LogP contribution in [0.1, 0.15) is 25.7 Å². The Morgan fingerprint density at radius 1 is 0.875 bits per heavy atom. The number of hydrogen-bond donors (Lipinski definition) is 0. The zero-order valence-corrected chi connectivity index (χ0v) is 10.4. The second-order valence-electron chi connectivity index (χ2n) is 4.86. The summed E-state index contributed by atoms with van der Waals surface area (Å²) in [6.45, 7) is 1.54. The summed E-state index contributed by atoms with van der Waals surface area (Å²) in [5.74, 6) is 0.400. The van der Waals surface area contributed by atoms with Crippen molar-refractivity contribution < 1.29 is 9.59 Å². The van der Waals surface area contributed by atoms with Crippen LogP contribution < -0.4 is 0 Å². The molecule has 2 amide bonds. The molecule has 0 aromatic heterocycles. The highest BCUT2D eigenvalue weighted by Crippen LogP contribution is 2.64. The van der Waals surface area contributed by atoms with Gasteiger partial charge in [-0.05, 0) is 25.7 Å². The van der Waals surface area contributed by atoms with Crippen molar-refractivity contribution in [3.8, 4) is 0 Å². The first-order valence-corrected chi connectivity index (χ1v) is 7.87. The smallest absolute Gasteiger partial charge is 0.261 e. The van der Waals surface area contributed by atoms with Crippen LogP contribution in [-0.2, 0) is 9.59 Å². The van der Waals surface area contributed by atoms with E-state index >= 15 is 0 Å². The van der Waals surface area contributed by atoms with Crippen LogP contribution >= 0.6 is 21.6 Å². The summed E-state index contributed by atoms with van der Waals surface area (Å²) in [7, 11) is 3.28. The molecule has 5 rings (SSSR count). The van der Waals surface area contributed by atoms with Crippen LogP contribution in [-0.4, -0.2) is 44.4 Å². The van der Waals surface area contributed by atoms with Crippen LogP contribution in [0.2, 0.25) is 0 Å². The Hall–Kier alpha value is -0.360. The first-order valence-electron chi connectivity index (χ1n) is 5.72. The van der Waals surface area contributed by atoms with Gasteiger partial charge in [-0.3, -0.25) is 9.59 Å². The van der Waals surface area contributed by atoms with E-state index in [0.717, 1.165) is 38.8 Å². The molecule has 5 saturated heterocycles. The summed E-state index contributed by atoms with van der Waals surface area (Å²) in [5.41, 5.74) is 0. The summed E-state index contributed by atoms with van der Waals surface area (Å²) < 4.78 is 0. The molecule has 16 heavy (non-hydrogen) atoms. The Balaban J connectivity index is 1.92. The van der Waals surface area contributed by atoms with E-state index < -0.39 is 9.74 Å². The highest BCUT2D eigenvalue weighted by Gasteiger charge is 2.71. The van der Waals surface area contributed by atoms with Gasteiger partial charge in [0, 0.05) is 13.1 Å². The molecule has 4 nitrogen and oxygen atoms in total. The molecule has 5 aliphatic heterocycles. The molecule has 0 aliphatic carbocycles. The van der Waals surface area contributed by atoms with E-state index in [1.165, 1.54) is 0 Å². The van der Waals surface area contributed by atoms with Crippen molar-refractivity contribution in [3.63, 3.8) is 0 Å². The molecule has 0 aromatic carbocycles. The SMILES string of the molecule is O=C1N2CCC[C@@]23SS[C@@]12CCCN2C3=O. The summed E-state index contributed by atoms with van der Waals surface area (Å²) >= 11 is 0. The van der Waals surface area contributed by atoms with Gasteiger partial charge in [-0.2, -0.15) is 0 Å². The Kier molecular flexibility index (Phi) is 1.64. The average Bonchev–Trinajstić information content (AvgIpc) is 2.89. The topological polar surface area (TPSA) is 40.6 Å². The maximum Gasteiger partial charge on any atom is 0.261 e. The van der Waals surface area contributed by atoms with E-state index in [1.54, 1.807) is 21.6 Å². The minimum atomic E-state index is -0.534. The first-order chi connectivity index (χ1) is 7.71. The molecule has 0 unspecified atom stereocenters. The molecule has 86 valence electrons. The van der Waals surface area contributed by atoms with Crippen LogP contribution in [0.15, 0.2) is 0 Å². The van der Waals surface area contributed by atoms with Crippen molar-refractivity contribution in [1.29, 1.82) is 0 Å². The molecule has 0 N–H and O–H groups in total.